The van der Waals surface area contributed by atoms with E-state index >= 15 is 0 Å². The van der Waals surface area contributed by atoms with Crippen LogP contribution in [0.3, 0.4) is 0 Å². The van der Waals surface area contributed by atoms with Gasteiger partial charge in [-0.15, -0.1) is 0 Å². The van der Waals surface area contributed by atoms with Crippen molar-refractivity contribution in [2.24, 2.45) is 0 Å². The summed E-state index contributed by atoms with van der Waals surface area (Å²) in [5, 5.41) is -0.611. The van der Waals surface area contributed by atoms with Crippen molar-refractivity contribution in [1.82, 2.24) is 0 Å². The smallest absolute Gasteiger partial charge is 0.307 e. The summed E-state index contributed by atoms with van der Waals surface area (Å²) in [5.74, 6) is -0.421. The van der Waals surface area contributed by atoms with Crippen molar-refractivity contribution in [2.75, 3.05) is 12.9 Å². The molecule has 1 atom stereocenters. The van der Waals surface area contributed by atoms with Gasteiger partial charge in [-0.05, 0) is 0 Å². The van der Waals surface area contributed by atoms with Crippen LogP contribution in [-0.4, -0.2) is 32.5 Å². The van der Waals surface area contributed by atoms with Gasteiger partial charge in [-0.3, -0.25) is 4.79 Å². The first-order chi connectivity index (χ1) is 4.50. The third-order valence-corrected chi connectivity index (χ3v) is 2.94. The fourth-order valence-electron chi connectivity index (χ4n) is 0.765. The van der Waals surface area contributed by atoms with E-state index in [0.29, 0.717) is 0 Å². The highest BCUT2D eigenvalue weighted by Crippen LogP contribution is 2.13. The molecule has 1 heterocycles. The van der Waals surface area contributed by atoms with Crippen molar-refractivity contribution >= 4 is 15.8 Å². The Hall–Kier alpha value is -0.580. The van der Waals surface area contributed by atoms with Crippen LogP contribution in [0.25, 0.3) is 0 Å². The molecule has 0 saturated carbocycles. The maximum Gasteiger partial charge on any atom is 0.307 e. The molecule has 0 spiro atoms. The van der Waals surface area contributed by atoms with Crippen LogP contribution in [0.4, 0.5) is 0 Å². The first kappa shape index (κ1) is 7.53. The molecule has 0 aliphatic carbocycles. The molecule has 0 N–H and O–H groups in total. The second-order valence-electron chi connectivity index (χ2n) is 2.34. The molecule has 0 unspecified atom stereocenters. The van der Waals surface area contributed by atoms with Gasteiger partial charge >= 0.3 is 5.97 Å². The monoisotopic (exact) mass is 164 g/mol. The molecular formula is C5H8O4S. The third-order valence-electron chi connectivity index (χ3n) is 1.43. The van der Waals surface area contributed by atoms with E-state index in [1.54, 1.807) is 0 Å². The van der Waals surface area contributed by atoms with Crippen molar-refractivity contribution in [3.8, 4) is 0 Å². The lowest BCUT2D eigenvalue weighted by molar-refractivity contribution is -0.137. The summed E-state index contributed by atoms with van der Waals surface area (Å²) in [6.45, 7) is 0.0255. The van der Waals surface area contributed by atoms with Crippen LogP contribution in [0.5, 0.6) is 0 Å². The van der Waals surface area contributed by atoms with Crippen molar-refractivity contribution in [1.29, 1.82) is 0 Å². The van der Waals surface area contributed by atoms with Gasteiger partial charge in [0.1, 0.15) is 11.9 Å². The highest BCUT2D eigenvalue weighted by atomic mass is 32.2. The fraction of sp³-hybridized carbons (Fsp3) is 0.800. The molecule has 0 aromatic carbocycles. The Morgan fingerprint density at radius 2 is 2.20 bits per heavy atom. The Balaban J connectivity index is 2.71. The summed E-state index contributed by atoms with van der Waals surface area (Å²) in [6, 6.07) is 0. The number of hydrogen-bond acceptors (Lipinski definition) is 4. The quantitative estimate of drug-likeness (QED) is 0.483. The van der Waals surface area contributed by atoms with Crippen molar-refractivity contribution < 1.29 is 17.9 Å². The van der Waals surface area contributed by atoms with Crippen LogP contribution in [0, 0.1) is 0 Å². The molecule has 1 saturated heterocycles. The van der Waals surface area contributed by atoms with Crippen LogP contribution in [0.1, 0.15) is 6.42 Å². The fourth-order valence-corrected chi connectivity index (χ4v) is 1.52. The summed E-state index contributed by atoms with van der Waals surface area (Å²) in [4.78, 5) is 10.4. The third kappa shape index (κ3) is 1.47. The maximum atomic E-state index is 10.7. The van der Waals surface area contributed by atoms with E-state index in [-0.39, 0.29) is 13.0 Å². The number of hydrogen-bond donors (Lipinski definition) is 0. The molecule has 5 heteroatoms. The van der Waals surface area contributed by atoms with Gasteiger partial charge in [0, 0.05) is 6.26 Å². The molecule has 0 bridgehead atoms. The molecular weight excluding hydrogens is 156 g/mol. The van der Waals surface area contributed by atoms with Gasteiger partial charge in [0.2, 0.25) is 0 Å². The summed E-state index contributed by atoms with van der Waals surface area (Å²) in [7, 11) is -3.08. The molecule has 1 aliphatic heterocycles. The van der Waals surface area contributed by atoms with Gasteiger partial charge in [-0.2, -0.15) is 0 Å². The standard InChI is InChI=1S/C5H8O4S/c1-10(7,8)4-2-5(6)9-3-4/h4H,2-3H2,1H3/t4-/m0/s1. The lowest BCUT2D eigenvalue weighted by Gasteiger charge is -1.99. The molecule has 0 aromatic heterocycles. The molecule has 58 valence electrons. The van der Waals surface area contributed by atoms with Gasteiger partial charge in [0.15, 0.2) is 9.84 Å². The average molecular weight is 164 g/mol. The highest BCUT2D eigenvalue weighted by molar-refractivity contribution is 7.91. The lowest BCUT2D eigenvalue weighted by atomic mass is 10.4. The molecule has 4 nitrogen and oxygen atoms in total. The van der Waals surface area contributed by atoms with Crippen molar-refractivity contribution in [2.45, 2.75) is 11.7 Å². The second-order valence-corrected chi connectivity index (χ2v) is 4.66. The normalized spacial score (nSPS) is 26.5. The van der Waals surface area contributed by atoms with Crippen LogP contribution < -0.4 is 0 Å². The molecule has 1 aliphatic rings. The van der Waals surface area contributed by atoms with E-state index in [2.05, 4.69) is 4.74 Å². The summed E-state index contributed by atoms with van der Waals surface area (Å²) >= 11 is 0. The minimum Gasteiger partial charge on any atom is -0.464 e. The largest absolute Gasteiger partial charge is 0.464 e. The molecule has 1 fully saturated rings. The van der Waals surface area contributed by atoms with Crippen molar-refractivity contribution in [3.05, 3.63) is 0 Å². The summed E-state index contributed by atoms with van der Waals surface area (Å²) < 4.78 is 26.0. The zero-order valence-electron chi connectivity index (χ0n) is 5.53. The summed E-state index contributed by atoms with van der Waals surface area (Å²) in [5.41, 5.74) is 0. The molecule has 1 rings (SSSR count). The SMILES string of the molecule is CS(=O)(=O)[C@@H]1COC(=O)C1. The van der Waals surface area contributed by atoms with Crippen LogP contribution in [0.2, 0.25) is 0 Å². The molecule has 0 amide bonds. The van der Waals surface area contributed by atoms with E-state index in [1.807, 2.05) is 0 Å². The predicted octanol–water partition coefficient (Wildman–Crippen LogP) is -0.654. The topological polar surface area (TPSA) is 60.4 Å². The number of rotatable bonds is 1. The average Bonchev–Trinajstić information content (AvgIpc) is 2.11. The van der Waals surface area contributed by atoms with E-state index in [0.717, 1.165) is 6.26 Å². The molecule has 0 radical (unpaired) electrons. The number of ether oxygens (including phenoxy) is 1. The van der Waals surface area contributed by atoms with Gasteiger partial charge < -0.3 is 4.74 Å². The number of cyclic esters (lactones) is 1. The van der Waals surface area contributed by atoms with Gasteiger partial charge in [-0.1, -0.05) is 0 Å². The van der Waals surface area contributed by atoms with Gasteiger partial charge in [0.05, 0.1) is 6.42 Å². The minimum absolute atomic E-state index is 0.0127. The first-order valence-electron chi connectivity index (χ1n) is 2.84. The lowest BCUT2D eigenvalue weighted by Crippen LogP contribution is -2.19. The Morgan fingerprint density at radius 3 is 2.40 bits per heavy atom. The molecule has 10 heavy (non-hydrogen) atoms. The number of esters is 1. The van der Waals surface area contributed by atoms with E-state index < -0.39 is 21.1 Å². The van der Waals surface area contributed by atoms with E-state index in [4.69, 9.17) is 0 Å². The van der Waals surface area contributed by atoms with Crippen molar-refractivity contribution in [3.63, 3.8) is 0 Å². The van der Waals surface area contributed by atoms with E-state index in [9.17, 15) is 13.2 Å². The Bertz CT molecular complexity index is 240. The van der Waals surface area contributed by atoms with Crippen LogP contribution >= 0.6 is 0 Å². The Labute approximate surface area is 59.1 Å². The summed E-state index contributed by atoms with van der Waals surface area (Å²) in [6.07, 6.45) is 1.12. The van der Waals surface area contributed by atoms with Crippen LogP contribution in [0.15, 0.2) is 0 Å². The van der Waals surface area contributed by atoms with E-state index in [1.165, 1.54) is 0 Å². The number of sulfone groups is 1. The zero-order chi connectivity index (χ0) is 7.78. The number of carbonyl (C=O) groups is 1. The van der Waals surface area contributed by atoms with Crippen LogP contribution in [-0.2, 0) is 19.4 Å². The molecule has 0 aromatic rings. The zero-order valence-corrected chi connectivity index (χ0v) is 6.35. The predicted molar refractivity (Wildman–Crippen MR) is 34.2 cm³/mol. The van der Waals surface area contributed by atoms with Gasteiger partial charge in [0.25, 0.3) is 0 Å². The maximum absolute atomic E-state index is 10.7. The van der Waals surface area contributed by atoms with Gasteiger partial charge in [-0.25, -0.2) is 8.42 Å². The Kier molecular flexibility index (Phi) is 1.68. The first-order valence-corrected chi connectivity index (χ1v) is 4.80. The number of carbonyl (C=O) groups excluding carboxylic acids is 1. The second kappa shape index (κ2) is 2.23. The minimum atomic E-state index is -3.08. The Morgan fingerprint density at radius 1 is 1.60 bits per heavy atom. The highest BCUT2D eigenvalue weighted by Gasteiger charge is 2.31.